The molecule has 4 aliphatic carbocycles. The van der Waals surface area contributed by atoms with E-state index in [1.807, 2.05) is 18.7 Å². The van der Waals surface area contributed by atoms with Gasteiger partial charge in [-0.25, -0.2) is 0 Å². The molecule has 29 heavy (non-hydrogen) atoms. The third-order valence-corrected chi connectivity index (χ3v) is 7.85. The number of amides is 3. The zero-order chi connectivity index (χ0) is 20.6. The van der Waals surface area contributed by atoms with Gasteiger partial charge >= 0.3 is 0 Å². The fourth-order valence-electron chi connectivity index (χ4n) is 6.75. The molecule has 5 fully saturated rings. The highest BCUT2D eigenvalue weighted by Crippen LogP contribution is 2.60. The summed E-state index contributed by atoms with van der Waals surface area (Å²) in [5, 5.41) is 6.02. The van der Waals surface area contributed by atoms with E-state index in [1.54, 1.807) is 0 Å². The van der Waals surface area contributed by atoms with Gasteiger partial charge in [-0.05, 0) is 75.0 Å². The average Bonchev–Trinajstić information content (AvgIpc) is 3.19. The highest BCUT2D eigenvalue weighted by molar-refractivity contribution is 5.90. The van der Waals surface area contributed by atoms with Crippen LogP contribution in [0, 0.1) is 29.1 Å². The summed E-state index contributed by atoms with van der Waals surface area (Å²) in [7, 11) is 0. The van der Waals surface area contributed by atoms with Crippen molar-refractivity contribution in [3.63, 3.8) is 0 Å². The van der Waals surface area contributed by atoms with Crippen LogP contribution in [0.1, 0.15) is 71.6 Å². The molecule has 1 heterocycles. The molecule has 6 nitrogen and oxygen atoms in total. The largest absolute Gasteiger partial charge is 0.354 e. The highest BCUT2D eigenvalue weighted by Gasteiger charge is 2.55. The Morgan fingerprint density at radius 2 is 1.52 bits per heavy atom. The average molecular weight is 404 g/mol. The smallest absolute Gasteiger partial charge is 0.242 e. The van der Waals surface area contributed by atoms with Gasteiger partial charge in [0.15, 0.2) is 0 Å². The molecular formula is C23H37N3O3. The van der Waals surface area contributed by atoms with Crippen molar-refractivity contribution in [1.29, 1.82) is 0 Å². The lowest BCUT2D eigenvalue weighted by atomic mass is 9.49. The Bertz CT molecular complexity index is 618. The molecule has 2 N–H and O–H groups in total. The zero-order valence-electron chi connectivity index (χ0n) is 18.0. The van der Waals surface area contributed by atoms with Gasteiger partial charge in [0.25, 0.3) is 0 Å². The third kappa shape index (κ3) is 4.31. The molecule has 1 atom stereocenters. The molecule has 3 amide bonds. The van der Waals surface area contributed by atoms with E-state index in [4.69, 9.17) is 0 Å². The molecule has 1 unspecified atom stereocenters. The van der Waals surface area contributed by atoms with E-state index in [-0.39, 0.29) is 29.1 Å². The number of hydrogen-bond donors (Lipinski definition) is 2. The molecule has 5 aliphatic rings. The molecular weight excluding hydrogens is 366 g/mol. The summed E-state index contributed by atoms with van der Waals surface area (Å²) in [5.41, 5.74) is -0.242. The summed E-state index contributed by atoms with van der Waals surface area (Å²) in [6.07, 6.45) is 9.38. The van der Waals surface area contributed by atoms with Gasteiger partial charge in [-0.3, -0.25) is 14.4 Å². The molecule has 0 aromatic carbocycles. The maximum Gasteiger partial charge on any atom is 0.242 e. The first-order chi connectivity index (χ1) is 13.9. The van der Waals surface area contributed by atoms with E-state index in [2.05, 4.69) is 10.6 Å². The van der Waals surface area contributed by atoms with Gasteiger partial charge in [0.05, 0.1) is 0 Å². The maximum atomic E-state index is 13.3. The molecule has 1 aliphatic heterocycles. The predicted molar refractivity (Wildman–Crippen MR) is 111 cm³/mol. The van der Waals surface area contributed by atoms with Crippen molar-refractivity contribution in [1.82, 2.24) is 15.5 Å². The summed E-state index contributed by atoms with van der Waals surface area (Å²) in [5.74, 6) is 2.18. The van der Waals surface area contributed by atoms with Crippen molar-refractivity contribution in [2.45, 2.75) is 77.7 Å². The van der Waals surface area contributed by atoms with Gasteiger partial charge in [0.2, 0.25) is 17.7 Å². The van der Waals surface area contributed by atoms with Gasteiger partial charge < -0.3 is 15.5 Å². The number of hydrogen-bond acceptors (Lipinski definition) is 3. The summed E-state index contributed by atoms with van der Waals surface area (Å²) in [6.45, 7) is 5.95. The maximum absolute atomic E-state index is 13.3. The number of likely N-dealkylation sites (tertiary alicyclic amines) is 1. The van der Waals surface area contributed by atoms with E-state index in [1.165, 1.54) is 19.3 Å². The van der Waals surface area contributed by atoms with Crippen molar-refractivity contribution in [3.05, 3.63) is 0 Å². The lowest BCUT2D eigenvalue weighted by molar-refractivity contribution is -0.149. The fourth-order valence-corrected chi connectivity index (χ4v) is 6.75. The molecule has 5 rings (SSSR count). The number of rotatable bonds is 7. The Morgan fingerprint density at radius 1 is 0.966 bits per heavy atom. The first-order valence-electron chi connectivity index (χ1n) is 11.7. The van der Waals surface area contributed by atoms with E-state index in [9.17, 15) is 14.4 Å². The van der Waals surface area contributed by atoms with Gasteiger partial charge in [0.1, 0.15) is 6.04 Å². The topological polar surface area (TPSA) is 78.5 Å². The van der Waals surface area contributed by atoms with Gasteiger partial charge in [-0.1, -0.05) is 13.8 Å². The van der Waals surface area contributed by atoms with Gasteiger partial charge in [-0.2, -0.15) is 0 Å². The second-order valence-corrected chi connectivity index (χ2v) is 10.5. The second-order valence-electron chi connectivity index (χ2n) is 10.5. The van der Waals surface area contributed by atoms with E-state index < -0.39 is 6.04 Å². The van der Waals surface area contributed by atoms with Crippen LogP contribution in [-0.4, -0.2) is 48.3 Å². The van der Waals surface area contributed by atoms with Crippen LogP contribution in [-0.2, 0) is 14.4 Å². The predicted octanol–water partition coefficient (Wildman–Crippen LogP) is 2.47. The summed E-state index contributed by atoms with van der Waals surface area (Å²) < 4.78 is 0. The van der Waals surface area contributed by atoms with Crippen LogP contribution in [0.15, 0.2) is 0 Å². The van der Waals surface area contributed by atoms with Crippen molar-refractivity contribution < 1.29 is 14.4 Å². The minimum Gasteiger partial charge on any atom is -0.354 e. The van der Waals surface area contributed by atoms with Crippen LogP contribution in [0.2, 0.25) is 0 Å². The lowest BCUT2D eigenvalue weighted by Gasteiger charge is -2.55. The zero-order valence-corrected chi connectivity index (χ0v) is 18.0. The Morgan fingerprint density at radius 3 is 2.03 bits per heavy atom. The van der Waals surface area contributed by atoms with Crippen molar-refractivity contribution in [2.24, 2.45) is 29.1 Å². The fraction of sp³-hybridized carbons (Fsp3) is 0.870. The standard InChI is InChI=1S/C23H37N3O3/c1-15(2)20(21(28)24-6-5-19(27)26-7-3-4-8-26)25-22(29)23-12-16-9-17(13-23)11-18(10-16)14-23/h15-18,20H,3-14H2,1-2H3,(H,24,28)(H,25,29). The minimum absolute atomic E-state index is 0.0159. The molecule has 0 spiro atoms. The van der Waals surface area contributed by atoms with Crippen LogP contribution < -0.4 is 10.6 Å². The Labute approximate surface area is 174 Å². The Kier molecular flexibility index (Phi) is 5.90. The second kappa shape index (κ2) is 8.27. The molecule has 0 aromatic rings. The third-order valence-electron chi connectivity index (χ3n) is 7.85. The number of carbonyl (C=O) groups excluding carboxylic acids is 3. The number of nitrogens with one attached hydrogen (secondary N) is 2. The van der Waals surface area contributed by atoms with Crippen LogP contribution in [0.4, 0.5) is 0 Å². The van der Waals surface area contributed by atoms with Gasteiger partial charge in [-0.15, -0.1) is 0 Å². The normalized spacial score (nSPS) is 33.8. The lowest BCUT2D eigenvalue weighted by Crippen LogP contribution is -2.58. The summed E-state index contributed by atoms with van der Waals surface area (Å²) in [6, 6.07) is -0.530. The van der Waals surface area contributed by atoms with Gasteiger partial charge in [0, 0.05) is 31.5 Å². The molecule has 6 heteroatoms. The number of carbonyl (C=O) groups is 3. The quantitative estimate of drug-likeness (QED) is 0.685. The number of nitrogens with zero attached hydrogens (tertiary/aromatic N) is 1. The Balaban J connectivity index is 1.31. The monoisotopic (exact) mass is 403 g/mol. The van der Waals surface area contributed by atoms with Crippen molar-refractivity contribution in [2.75, 3.05) is 19.6 Å². The molecule has 0 aromatic heterocycles. The van der Waals surface area contributed by atoms with E-state index >= 15 is 0 Å². The molecule has 0 radical (unpaired) electrons. The SMILES string of the molecule is CC(C)C(NC(=O)C12CC3CC(CC(C3)C1)C2)C(=O)NCCC(=O)N1CCCC1. The molecule has 1 saturated heterocycles. The van der Waals surface area contributed by atoms with Crippen LogP contribution in [0.5, 0.6) is 0 Å². The van der Waals surface area contributed by atoms with E-state index in [0.717, 1.165) is 45.2 Å². The van der Waals surface area contributed by atoms with Crippen molar-refractivity contribution in [3.8, 4) is 0 Å². The van der Waals surface area contributed by atoms with Crippen LogP contribution in [0.3, 0.4) is 0 Å². The molecule has 4 bridgehead atoms. The minimum atomic E-state index is -0.530. The summed E-state index contributed by atoms with van der Waals surface area (Å²) >= 11 is 0. The first-order valence-corrected chi connectivity index (χ1v) is 11.7. The molecule has 4 saturated carbocycles. The first kappa shape index (κ1) is 20.7. The summed E-state index contributed by atoms with van der Waals surface area (Å²) in [4.78, 5) is 40.2. The van der Waals surface area contributed by atoms with Crippen LogP contribution >= 0.6 is 0 Å². The molecule has 162 valence electrons. The van der Waals surface area contributed by atoms with Crippen molar-refractivity contribution >= 4 is 17.7 Å². The Hall–Kier alpha value is -1.59. The van der Waals surface area contributed by atoms with Crippen LogP contribution in [0.25, 0.3) is 0 Å². The highest BCUT2D eigenvalue weighted by atomic mass is 16.2. The van der Waals surface area contributed by atoms with E-state index in [0.29, 0.717) is 30.7 Å².